The van der Waals surface area contributed by atoms with Gasteiger partial charge in [-0.25, -0.2) is 9.37 Å². The molecule has 1 aromatic heterocycles. The number of esters is 1. The number of allylic oxidation sites excluding steroid dienone is 1. The van der Waals surface area contributed by atoms with Gasteiger partial charge < -0.3 is 19.7 Å². The predicted octanol–water partition coefficient (Wildman–Crippen LogP) is 10.9. The third kappa shape index (κ3) is 6.07. The van der Waals surface area contributed by atoms with Crippen molar-refractivity contribution in [3.05, 3.63) is 54.3 Å². The standard InChI is InChI=1S/C49H68FN3O5/c1-29(2)32-18-23-49(42(55)53-26-10-11-35(53)41-51-28-34(52-41)30-12-14-31(50)15-13-30)25-24-47(8)33(40(32)49)16-17-37-46(7)21-20-38(58-39(54)27-44(3,4)43(56)57)45(5,6)36(46)19-22-48(37,47)9/h12-15,28,32-33,35-38,40H,1,10-11,16-27H2,2-9H3,(H,51,52)(H,56,57)/t32-,33+,35-,36?,37?,38-,40?,46-,47+,48+,49-/m0/s1. The second kappa shape index (κ2) is 14.0. The lowest BCUT2D eigenvalue weighted by Crippen LogP contribution is -2.67. The van der Waals surface area contributed by atoms with Gasteiger partial charge in [0.05, 0.1) is 35.2 Å². The number of imidazole rings is 1. The van der Waals surface area contributed by atoms with E-state index in [1.165, 1.54) is 17.7 Å². The van der Waals surface area contributed by atoms with E-state index >= 15 is 4.79 Å². The van der Waals surface area contributed by atoms with Gasteiger partial charge in [-0.15, -0.1) is 0 Å². The molecule has 5 saturated carbocycles. The third-order valence-electron chi connectivity index (χ3n) is 18.5. The monoisotopic (exact) mass is 798 g/mol. The highest BCUT2D eigenvalue weighted by atomic mass is 19.1. The molecule has 6 aliphatic rings. The Morgan fingerprint density at radius 2 is 1.66 bits per heavy atom. The van der Waals surface area contributed by atoms with Gasteiger partial charge in [0.15, 0.2) is 0 Å². The zero-order chi connectivity index (χ0) is 41.8. The number of carboxylic acid groups (broad SMARTS) is 1. The number of amides is 1. The van der Waals surface area contributed by atoms with E-state index in [4.69, 9.17) is 9.72 Å². The molecule has 11 atom stereocenters. The highest BCUT2D eigenvalue weighted by Crippen LogP contribution is 2.78. The number of aliphatic carboxylic acids is 1. The number of hydrogen-bond acceptors (Lipinski definition) is 5. The lowest BCUT2D eigenvalue weighted by molar-refractivity contribution is -0.250. The molecule has 3 unspecified atom stereocenters. The second-order valence-corrected chi connectivity index (χ2v) is 21.9. The third-order valence-corrected chi connectivity index (χ3v) is 18.5. The summed E-state index contributed by atoms with van der Waals surface area (Å²) < 4.78 is 19.9. The molecule has 1 aromatic carbocycles. The number of carboxylic acids is 1. The quantitative estimate of drug-likeness (QED) is 0.203. The van der Waals surface area contributed by atoms with E-state index in [-0.39, 0.29) is 52.0 Å². The van der Waals surface area contributed by atoms with Gasteiger partial charge in [-0.1, -0.05) is 46.8 Å². The van der Waals surface area contributed by atoms with E-state index in [0.717, 1.165) is 101 Å². The van der Waals surface area contributed by atoms with Crippen LogP contribution in [0.25, 0.3) is 11.3 Å². The van der Waals surface area contributed by atoms with Crippen LogP contribution in [-0.2, 0) is 19.1 Å². The molecule has 2 N–H and O–H groups in total. The summed E-state index contributed by atoms with van der Waals surface area (Å²) in [7, 11) is 0. The molecule has 1 saturated heterocycles. The van der Waals surface area contributed by atoms with Crippen molar-refractivity contribution in [2.24, 2.45) is 62.1 Å². The first kappa shape index (κ1) is 41.3. The molecule has 8 rings (SSSR count). The Morgan fingerprint density at radius 3 is 2.34 bits per heavy atom. The Kier molecular flexibility index (Phi) is 9.99. The van der Waals surface area contributed by atoms with Crippen molar-refractivity contribution in [3.63, 3.8) is 0 Å². The minimum atomic E-state index is -1.16. The maximum absolute atomic E-state index is 15.5. The van der Waals surface area contributed by atoms with Gasteiger partial charge >= 0.3 is 11.9 Å². The van der Waals surface area contributed by atoms with Gasteiger partial charge in [0.2, 0.25) is 5.91 Å². The van der Waals surface area contributed by atoms with Gasteiger partial charge in [0.1, 0.15) is 17.7 Å². The lowest BCUT2D eigenvalue weighted by Gasteiger charge is -2.73. The number of likely N-dealkylation sites (tertiary alicyclic amines) is 1. The van der Waals surface area contributed by atoms with Gasteiger partial charge in [-0.3, -0.25) is 14.4 Å². The number of hydrogen-bond donors (Lipinski definition) is 2. The first-order valence-electron chi connectivity index (χ1n) is 22.4. The second-order valence-electron chi connectivity index (χ2n) is 21.9. The highest BCUT2D eigenvalue weighted by Gasteiger charge is 2.72. The molecule has 9 heteroatoms. The Hall–Kier alpha value is -3.49. The molecule has 2 heterocycles. The average molecular weight is 798 g/mol. The first-order chi connectivity index (χ1) is 27.2. The summed E-state index contributed by atoms with van der Waals surface area (Å²) in [6.07, 6.45) is 13.4. The van der Waals surface area contributed by atoms with Crippen molar-refractivity contribution < 1.29 is 28.6 Å². The highest BCUT2D eigenvalue weighted by molar-refractivity contribution is 5.85. The number of H-pyrrole nitrogens is 1. The summed E-state index contributed by atoms with van der Waals surface area (Å²) in [6.45, 7) is 23.1. The van der Waals surface area contributed by atoms with E-state index in [1.807, 2.05) is 6.20 Å². The molecule has 0 spiro atoms. The van der Waals surface area contributed by atoms with Crippen molar-refractivity contribution in [1.82, 2.24) is 14.9 Å². The van der Waals surface area contributed by atoms with E-state index in [1.54, 1.807) is 26.0 Å². The SMILES string of the molecule is C=C(C)[C@@H]1CC[C@]2(C(=O)N3CCC[C@H]3c3ncc(-c4ccc(F)cc4)[nH]3)CC[C@]3(C)[C@H](CCC4[C@@]5(C)CC[C@H](OC(=O)CC(C)(C)C(=O)O)C(C)(C)C5CC[C@]43C)C12. The maximum atomic E-state index is 15.5. The van der Waals surface area contributed by atoms with Crippen LogP contribution >= 0.6 is 0 Å². The summed E-state index contributed by atoms with van der Waals surface area (Å²) in [6, 6.07) is 6.37. The Labute approximate surface area is 345 Å². The smallest absolute Gasteiger partial charge is 0.309 e. The summed E-state index contributed by atoms with van der Waals surface area (Å²) in [5.74, 6) is 1.39. The minimum Gasteiger partial charge on any atom is -0.481 e. The predicted molar refractivity (Wildman–Crippen MR) is 223 cm³/mol. The summed E-state index contributed by atoms with van der Waals surface area (Å²) >= 11 is 0. The van der Waals surface area contributed by atoms with Crippen LogP contribution in [0.4, 0.5) is 4.39 Å². The Morgan fingerprint density at radius 1 is 0.931 bits per heavy atom. The molecular weight excluding hydrogens is 730 g/mol. The number of aromatic amines is 1. The fourth-order valence-corrected chi connectivity index (χ4v) is 15.2. The number of rotatable bonds is 8. The van der Waals surface area contributed by atoms with Crippen molar-refractivity contribution in [1.29, 1.82) is 0 Å². The summed E-state index contributed by atoms with van der Waals surface area (Å²) in [5.41, 5.74) is 1.39. The largest absolute Gasteiger partial charge is 0.481 e. The molecule has 8 nitrogen and oxygen atoms in total. The molecule has 6 fully saturated rings. The molecular formula is C49H68FN3O5. The van der Waals surface area contributed by atoms with E-state index < -0.39 is 22.8 Å². The van der Waals surface area contributed by atoms with Crippen LogP contribution in [0, 0.1) is 67.9 Å². The van der Waals surface area contributed by atoms with Gasteiger partial charge in [-0.05, 0) is 173 Å². The Bertz CT molecular complexity index is 1970. The average Bonchev–Trinajstić information content (AvgIpc) is 3.92. The number of ether oxygens (including phenoxy) is 1. The molecule has 58 heavy (non-hydrogen) atoms. The summed E-state index contributed by atoms with van der Waals surface area (Å²) in [5, 5.41) is 9.66. The topological polar surface area (TPSA) is 113 Å². The van der Waals surface area contributed by atoms with Crippen LogP contribution in [0.2, 0.25) is 0 Å². The van der Waals surface area contributed by atoms with E-state index in [0.29, 0.717) is 29.6 Å². The number of nitrogens with zero attached hydrogens (tertiary/aromatic N) is 2. The van der Waals surface area contributed by atoms with E-state index in [2.05, 4.69) is 58.0 Å². The molecule has 2 aromatic rings. The van der Waals surface area contributed by atoms with Crippen LogP contribution < -0.4 is 0 Å². The first-order valence-corrected chi connectivity index (χ1v) is 22.4. The Balaban J connectivity index is 1.05. The van der Waals surface area contributed by atoms with Crippen LogP contribution in [0.5, 0.6) is 0 Å². The zero-order valence-electron chi connectivity index (χ0n) is 36.4. The number of carbonyl (C=O) groups is 3. The van der Waals surface area contributed by atoms with Gasteiger partial charge in [0, 0.05) is 12.0 Å². The number of nitrogens with one attached hydrogen (secondary N) is 1. The lowest BCUT2D eigenvalue weighted by atomic mass is 9.32. The molecule has 1 aliphatic heterocycles. The van der Waals surface area contributed by atoms with Crippen LogP contribution in [0.3, 0.4) is 0 Å². The summed E-state index contributed by atoms with van der Waals surface area (Å²) in [4.78, 5) is 51.0. The van der Waals surface area contributed by atoms with Crippen LogP contribution in [0.1, 0.15) is 151 Å². The number of halogens is 1. The van der Waals surface area contributed by atoms with Gasteiger partial charge in [0.25, 0.3) is 0 Å². The minimum absolute atomic E-state index is 0.0712. The fraction of sp³-hybridized carbons (Fsp3) is 0.714. The van der Waals surface area contributed by atoms with Crippen LogP contribution in [0.15, 0.2) is 42.6 Å². The number of aromatic nitrogens is 2. The molecule has 0 radical (unpaired) electrons. The van der Waals surface area contributed by atoms with Gasteiger partial charge in [-0.2, -0.15) is 0 Å². The molecule has 316 valence electrons. The van der Waals surface area contributed by atoms with Crippen LogP contribution in [-0.4, -0.2) is 50.5 Å². The van der Waals surface area contributed by atoms with Crippen molar-refractivity contribution >= 4 is 17.8 Å². The normalized spacial score (nSPS) is 39.2. The molecule has 5 aliphatic carbocycles. The zero-order valence-corrected chi connectivity index (χ0v) is 36.4. The fourth-order valence-electron chi connectivity index (χ4n) is 15.2. The molecule has 0 bridgehead atoms. The number of fused-ring (bicyclic) bond motifs is 7. The van der Waals surface area contributed by atoms with E-state index in [9.17, 15) is 19.1 Å². The van der Waals surface area contributed by atoms with Crippen molar-refractivity contribution in [2.45, 2.75) is 151 Å². The maximum Gasteiger partial charge on any atom is 0.309 e. The number of carbonyl (C=O) groups excluding carboxylic acids is 2. The van der Waals surface area contributed by atoms with Crippen molar-refractivity contribution in [2.75, 3.05) is 6.54 Å². The van der Waals surface area contributed by atoms with Crippen molar-refractivity contribution in [3.8, 4) is 11.3 Å². The molecule has 1 amide bonds. The number of benzene rings is 1.